The molecule has 0 amide bonds. The van der Waals surface area contributed by atoms with E-state index in [1.807, 2.05) is 13.8 Å². The molecule has 0 spiro atoms. The number of phenols is 1. The lowest BCUT2D eigenvalue weighted by atomic mass is 10.1. The normalized spacial score (nSPS) is 11.1. The maximum absolute atomic E-state index is 12.2. The predicted molar refractivity (Wildman–Crippen MR) is 70.0 cm³/mol. The summed E-state index contributed by atoms with van der Waals surface area (Å²) in [6.45, 7) is 4.16. The molecule has 0 aliphatic carbocycles. The van der Waals surface area contributed by atoms with Crippen LogP contribution in [0, 0.1) is 0 Å². The molecule has 1 heterocycles. The molecule has 96 valence electrons. The van der Waals surface area contributed by atoms with Crippen molar-refractivity contribution in [2.75, 3.05) is 0 Å². The van der Waals surface area contributed by atoms with Gasteiger partial charge in [-0.2, -0.15) is 0 Å². The van der Waals surface area contributed by atoms with Gasteiger partial charge in [-0.3, -0.25) is 9.89 Å². The Kier molecular flexibility index (Phi) is 3.25. The number of rotatable bonds is 3. The van der Waals surface area contributed by atoms with Crippen LogP contribution in [0.4, 0.5) is 0 Å². The van der Waals surface area contributed by atoms with Gasteiger partial charge in [0.25, 0.3) is 5.56 Å². The van der Waals surface area contributed by atoms with Crippen LogP contribution in [-0.4, -0.2) is 14.9 Å². The Labute approximate surface area is 105 Å². The second-order valence-corrected chi connectivity index (χ2v) is 4.49. The molecule has 0 aliphatic rings. The number of phenolic OH excluding ortho intramolecular Hbond substituents is 1. The molecule has 18 heavy (non-hydrogen) atoms. The van der Waals surface area contributed by atoms with Gasteiger partial charge in [-0.1, -0.05) is 26.0 Å². The molecule has 5 nitrogen and oxygen atoms in total. The highest BCUT2D eigenvalue weighted by atomic mass is 16.3. The molecule has 0 radical (unpaired) electrons. The number of benzene rings is 1. The van der Waals surface area contributed by atoms with E-state index in [9.17, 15) is 9.90 Å². The Hall–Kier alpha value is -2.01. The number of nitrogens with one attached hydrogen (secondary N) is 1. The lowest BCUT2D eigenvalue weighted by Gasteiger charge is -2.05. The van der Waals surface area contributed by atoms with E-state index in [2.05, 4.69) is 5.10 Å². The molecule has 0 bridgehead atoms. The highest BCUT2D eigenvalue weighted by Gasteiger charge is 2.17. The first-order valence-electron chi connectivity index (χ1n) is 5.88. The zero-order valence-electron chi connectivity index (χ0n) is 10.5. The summed E-state index contributed by atoms with van der Waals surface area (Å²) in [5.41, 5.74) is 7.23. The van der Waals surface area contributed by atoms with Gasteiger partial charge in [0.1, 0.15) is 11.4 Å². The van der Waals surface area contributed by atoms with E-state index in [1.54, 1.807) is 24.3 Å². The van der Waals surface area contributed by atoms with E-state index >= 15 is 0 Å². The second-order valence-electron chi connectivity index (χ2n) is 4.49. The number of para-hydroxylation sites is 2. The van der Waals surface area contributed by atoms with Crippen molar-refractivity contribution in [1.82, 2.24) is 9.78 Å². The number of aromatic nitrogens is 2. The molecule has 0 saturated heterocycles. The molecular weight excluding hydrogens is 230 g/mol. The first-order chi connectivity index (χ1) is 8.56. The van der Waals surface area contributed by atoms with Crippen LogP contribution in [0.3, 0.4) is 0 Å². The molecule has 0 atom stereocenters. The monoisotopic (exact) mass is 247 g/mol. The fraction of sp³-hybridized carbons (Fsp3) is 0.308. The molecule has 0 fully saturated rings. The average molecular weight is 247 g/mol. The van der Waals surface area contributed by atoms with E-state index in [1.165, 1.54) is 4.68 Å². The summed E-state index contributed by atoms with van der Waals surface area (Å²) < 4.78 is 1.34. The van der Waals surface area contributed by atoms with Gasteiger partial charge in [0.2, 0.25) is 0 Å². The molecule has 2 aromatic rings. The summed E-state index contributed by atoms with van der Waals surface area (Å²) in [6.07, 6.45) is 0. The third-order valence-corrected chi connectivity index (χ3v) is 2.92. The van der Waals surface area contributed by atoms with Gasteiger partial charge in [-0.15, -0.1) is 0 Å². The van der Waals surface area contributed by atoms with E-state index in [4.69, 9.17) is 5.73 Å². The summed E-state index contributed by atoms with van der Waals surface area (Å²) in [7, 11) is 0. The van der Waals surface area contributed by atoms with Crippen molar-refractivity contribution in [2.24, 2.45) is 5.73 Å². The second kappa shape index (κ2) is 4.70. The first-order valence-corrected chi connectivity index (χ1v) is 5.88. The summed E-state index contributed by atoms with van der Waals surface area (Å²) in [5.74, 6) is 0.225. The fourth-order valence-corrected chi connectivity index (χ4v) is 1.99. The van der Waals surface area contributed by atoms with Crippen molar-refractivity contribution >= 4 is 0 Å². The first kappa shape index (κ1) is 12.4. The third-order valence-electron chi connectivity index (χ3n) is 2.92. The Bertz CT molecular complexity index is 611. The van der Waals surface area contributed by atoms with Crippen LogP contribution in [-0.2, 0) is 6.54 Å². The van der Waals surface area contributed by atoms with Gasteiger partial charge in [0.15, 0.2) is 0 Å². The van der Waals surface area contributed by atoms with Crippen molar-refractivity contribution < 1.29 is 5.11 Å². The van der Waals surface area contributed by atoms with Crippen molar-refractivity contribution in [3.63, 3.8) is 0 Å². The molecule has 4 N–H and O–H groups in total. The van der Waals surface area contributed by atoms with Crippen molar-refractivity contribution in [1.29, 1.82) is 0 Å². The smallest absolute Gasteiger partial charge is 0.276 e. The number of H-pyrrole nitrogens is 1. The summed E-state index contributed by atoms with van der Waals surface area (Å²) in [5, 5.41) is 12.8. The van der Waals surface area contributed by atoms with Crippen LogP contribution in [0.25, 0.3) is 5.69 Å². The number of aromatic hydroxyl groups is 1. The molecule has 0 saturated carbocycles. The summed E-state index contributed by atoms with van der Waals surface area (Å²) >= 11 is 0. The zero-order chi connectivity index (χ0) is 13.3. The largest absolute Gasteiger partial charge is 0.506 e. The van der Waals surface area contributed by atoms with Crippen LogP contribution >= 0.6 is 0 Å². The van der Waals surface area contributed by atoms with Crippen molar-refractivity contribution in [3.05, 3.63) is 45.9 Å². The van der Waals surface area contributed by atoms with Crippen LogP contribution < -0.4 is 11.3 Å². The quantitative estimate of drug-likeness (QED) is 0.767. The van der Waals surface area contributed by atoms with Crippen LogP contribution in [0.2, 0.25) is 0 Å². The summed E-state index contributed by atoms with van der Waals surface area (Å²) in [4.78, 5) is 12.2. The van der Waals surface area contributed by atoms with E-state index in [0.717, 1.165) is 5.69 Å². The highest BCUT2D eigenvalue weighted by Crippen LogP contribution is 2.21. The standard InChI is InChI=1S/C13H17N3O2/c1-8(2)12-9(7-14)13(18)16(15-12)10-5-3-4-6-11(10)17/h3-6,8,15,17H,7,14H2,1-2H3. The third kappa shape index (κ3) is 1.93. The Morgan fingerprint density at radius 2 is 2.06 bits per heavy atom. The molecule has 0 unspecified atom stereocenters. The van der Waals surface area contributed by atoms with Gasteiger partial charge in [0, 0.05) is 12.2 Å². The topological polar surface area (TPSA) is 84.0 Å². The average Bonchev–Trinajstić information content (AvgIpc) is 2.67. The molecule has 2 rings (SSSR count). The SMILES string of the molecule is CC(C)c1[nH]n(-c2ccccc2O)c(=O)c1CN. The van der Waals surface area contributed by atoms with Gasteiger partial charge >= 0.3 is 0 Å². The number of hydrogen-bond donors (Lipinski definition) is 3. The minimum atomic E-state index is -0.206. The van der Waals surface area contributed by atoms with Crippen LogP contribution in [0.5, 0.6) is 5.75 Å². The molecule has 1 aromatic heterocycles. The minimum absolute atomic E-state index is 0.0553. The Morgan fingerprint density at radius 1 is 1.39 bits per heavy atom. The molecule has 5 heteroatoms. The summed E-state index contributed by atoms with van der Waals surface area (Å²) in [6, 6.07) is 6.69. The molecule has 1 aromatic carbocycles. The number of hydrogen-bond acceptors (Lipinski definition) is 3. The Morgan fingerprint density at radius 3 is 2.56 bits per heavy atom. The minimum Gasteiger partial charge on any atom is -0.506 e. The van der Waals surface area contributed by atoms with E-state index in [0.29, 0.717) is 11.3 Å². The predicted octanol–water partition coefficient (Wildman–Crippen LogP) is 1.45. The van der Waals surface area contributed by atoms with Crippen LogP contribution in [0.1, 0.15) is 31.0 Å². The maximum Gasteiger partial charge on any atom is 0.276 e. The molecular formula is C13H17N3O2. The number of nitrogens with two attached hydrogens (primary N) is 1. The lowest BCUT2D eigenvalue weighted by molar-refractivity contribution is 0.469. The van der Waals surface area contributed by atoms with Gasteiger partial charge < -0.3 is 10.8 Å². The lowest BCUT2D eigenvalue weighted by Crippen LogP contribution is -2.19. The zero-order valence-corrected chi connectivity index (χ0v) is 10.5. The van der Waals surface area contributed by atoms with Gasteiger partial charge in [-0.05, 0) is 18.1 Å². The maximum atomic E-state index is 12.2. The Balaban J connectivity index is 2.67. The van der Waals surface area contributed by atoms with Crippen molar-refractivity contribution in [3.8, 4) is 11.4 Å². The van der Waals surface area contributed by atoms with Crippen LogP contribution in [0.15, 0.2) is 29.1 Å². The molecule has 0 aliphatic heterocycles. The number of aromatic amines is 1. The van der Waals surface area contributed by atoms with Gasteiger partial charge in [-0.25, -0.2) is 4.68 Å². The fourth-order valence-electron chi connectivity index (χ4n) is 1.99. The number of nitrogens with zero attached hydrogens (tertiary/aromatic N) is 1. The van der Waals surface area contributed by atoms with Gasteiger partial charge in [0.05, 0.1) is 5.56 Å². The highest BCUT2D eigenvalue weighted by molar-refractivity contribution is 5.45. The van der Waals surface area contributed by atoms with E-state index in [-0.39, 0.29) is 23.8 Å². The van der Waals surface area contributed by atoms with E-state index < -0.39 is 0 Å². The van der Waals surface area contributed by atoms with Crippen molar-refractivity contribution in [2.45, 2.75) is 26.3 Å².